The number of hydrogen-bond donors (Lipinski definition) is 2. The van der Waals surface area contributed by atoms with Crippen molar-refractivity contribution in [2.24, 2.45) is 11.8 Å². The standard InChI is InChI=1S/C24H38O4.C6H14O4/c1-19(2)13-7-5-11-17-27-23(25)21-15-9-10-16-22(21)24(26)28-18-12-6-8-14-20(3)4;7-1-3-9-5-6-10-4-2-8/h9-10,15-16,19-20H,5-8,11-14,17-18H2,1-4H3;7-8H,1-6H2. The summed E-state index contributed by atoms with van der Waals surface area (Å²) in [6, 6.07) is 6.73. The lowest BCUT2D eigenvalue weighted by molar-refractivity contribution is 0.0222. The Labute approximate surface area is 230 Å². The highest BCUT2D eigenvalue weighted by Gasteiger charge is 2.18. The molecular formula is C30H52O8. The van der Waals surface area contributed by atoms with Crippen LogP contribution in [0.2, 0.25) is 0 Å². The van der Waals surface area contributed by atoms with E-state index in [1.807, 2.05) is 0 Å². The van der Waals surface area contributed by atoms with Gasteiger partial charge in [0.1, 0.15) is 0 Å². The molecule has 0 atom stereocenters. The molecule has 0 fully saturated rings. The average Bonchev–Trinajstić information content (AvgIpc) is 2.90. The first-order valence-corrected chi connectivity index (χ1v) is 14.1. The molecule has 38 heavy (non-hydrogen) atoms. The maximum Gasteiger partial charge on any atom is 0.339 e. The van der Waals surface area contributed by atoms with Crippen LogP contribution in [0.1, 0.15) is 99.8 Å². The van der Waals surface area contributed by atoms with Gasteiger partial charge in [-0.1, -0.05) is 78.4 Å². The Hall–Kier alpha value is -2.00. The molecule has 8 nitrogen and oxygen atoms in total. The lowest BCUT2D eigenvalue weighted by atomic mass is 10.1. The Balaban J connectivity index is 0.00000115. The molecule has 1 rings (SSSR count). The summed E-state index contributed by atoms with van der Waals surface area (Å²) >= 11 is 0. The summed E-state index contributed by atoms with van der Waals surface area (Å²) < 4.78 is 20.5. The van der Waals surface area contributed by atoms with Crippen LogP contribution in [0.15, 0.2) is 24.3 Å². The van der Waals surface area contributed by atoms with Gasteiger partial charge in [-0.2, -0.15) is 0 Å². The molecule has 0 saturated carbocycles. The zero-order valence-corrected chi connectivity index (χ0v) is 24.1. The zero-order valence-electron chi connectivity index (χ0n) is 24.1. The van der Waals surface area contributed by atoms with Crippen LogP contribution in [0.3, 0.4) is 0 Å². The molecule has 0 aromatic heterocycles. The number of carbonyl (C=O) groups is 2. The number of rotatable bonds is 21. The quantitative estimate of drug-likeness (QED) is 0.157. The predicted octanol–water partition coefficient (Wildman–Crippen LogP) is 5.44. The number of unbranched alkanes of at least 4 members (excludes halogenated alkanes) is 4. The van der Waals surface area contributed by atoms with Crippen molar-refractivity contribution < 1.29 is 38.7 Å². The molecule has 0 amide bonds. The first-order valence-electron chi connectivity index (χ1n) is 14.1. The Morgan fingerprint density at radius 3 is 1.34 bits per heavy atom. The number of aliphatic hydroxyl groups excluding tert-OH is 2. The van der Waals surface area contributed by atoms with Gasteiger partial charge in [-0.15, -0.1) is 0 Å². The van der Waals surface area contributed by atoms with Gasteiger partial charge in [-0.3, -0.25) is 0 Å². The summed E-state index contributed by atoms with van der Waals surface area (Å²) in [5.74, 6) is 0.507. The fourth-order valence-electron chi connectivity index (χ4n) is 3.44. The minimum atomic E-state index is -0.451. The first kappa shape index (κ1) is 36.0. The summed E-state index contributed by atoms with van der Waals surface area (Å²) in [6.45, 7) is 11.3. The third-order valence-electron chi connectivity index (χ3n) is 5.53. The van der Waals surface area contributed by atoms with Crippen molar-refractivity contribution in [2.75, 3.05) is 52.9 Å². The highest BCUT2D eigenvalue weighted by Crippen LogP contribution is 2.14. The lowest BCUT2D eigenvalue weighted by Gasteiger charge is -2.10. The van der Waals surface area contributed by atoms with Crippen LogP contribution >= 0.6 is 0 Å². The average molecular weight is 541 g/mol. The van der Waals surface area contributed by atoms with Gasteiger partial charge in [-0.25, -0.2) is 9.59 Å². The number of benzene rings is 1. The highest BCUT2D eigenvalue weighted by atomic mass is 16.5. The summed E-state index contributed by atoms with van der Waals surface area (Å²) in [6.07, 6.45) is 8.48. The maximum atomic E-state index is 12.4. The van der Waals surface area contributed by atoms with Gasteiger partial charge in [-0.05, 0) is 36.8 Å². The van der Waals surface area contributed by atoms with E-state index in [2.05, 4.69) is 27.7 Å². The van der Waals surface area contributed by atoms with E-state index >= 15 is 0 Å². The van der Waals surface area contributed by atoms with Crippen LogP contribution in [-0.4, -0.2) is 75.0 Å². The van der Waals surface area contributed by atoms with E-state index in [1.165, 1.54) is 12.8 Å². The van der Waals surface area contributed by atoms with E-state index in [0.29, 0.717) is 51.5 Å². The zero-order chi connectivity index (χ0) is 28.4. The molecular weight excluding hydrogens is 488 g/mol. The molecule has 0 radical (unpaired) electrons. The van der Waals surface area contributed by atoms with Crippen molar-refractivity contribution in [3.8, 4) is 0 Å². The number of carbonyl (C=O) groups excluding carboxylic acids is 2. The molecule has 0 saturated heterocycles. The van der Waals surface area contributed by atoms with Crippen molar-refractivity contribution in [1.29, 1.82) is 0 Å². The SMILES string of the molecule is CC(C)CCCCCOC(=O)c1ccccc1C(=O)OCCCCCC(C)C.OCCOCCOCCO. The Bertz CT molecular complexity index is 646. The van der Waals surface area contributed by atoms with Gasteiger partial charge in [0.15, 0.2) is 0 Å². The second kappa shape index (κ2) is 25.3. The monoisotopic (exact) mass is 540 g/mol. The largest absolute Gasteiger partial charge is 0.462 e. The molecule has 0 unspecified atom stereocenters. The molecule has 0 aliphatic carbocycles. The summed E-state index contributed by atoms with van der Waals surface area (Å²) in [5.41, 5.74) is 0.573. The number of hydrogen-bond acceptors (Lipinski definition) is 8. The maximum absolute atomic E-state index is 12.4. The highest BCUT2D eigenvalue weighted by molar-refractivity contribution is 6.03. The van der Waals surface area contributed by atoms with Crippen LogP contribution in [0.25, 0.3) is 0 Å². The normalized spacial score (nSPS) is 10.8. The Morgan fingerprint density at radius 1 is 0.605 bits per heavy atom. The Morgan fingerprint density at radius 2 is 1.00 bits per heavy atom. The van der Waals surface area contributed by atoms with Crippen LogP contribution in [-0.2, 0) is 18.9 Å². The fourth-order valence-corrected chi connectivity index (χ4v) is 3.44. The predicted molar refractivity (Wildman–Crippen MR) is 149 cm³/mol. The van der Waals surface area contributed by atoms with Crippen molar-refractivity contribution in [2.45, 2.75) is 79.1 Å². The third-order valence-corrected chi connectivity index (χ3v) is 5.53. The molecule has 0 bridgehead atoms. The van der Waals surface area contributed by atoms with Crippen LogP contribution in [0, 0.1) is 11.8 Å². The second-order valence-electron chi connectivity index (χ2n) is 9.98. The van der Waals surface area contributed by atoms with Crippen molar-refractivity contribution in [3.63, 3.8) is 0 Å². The molecule has 0 spiro atoms. The van der Waals surface area contributed by atoms with E-state index in [0.717, 1.165) is 38.5 Å². The number of aliphatic hydroxyl groups is 2. The van der Waals surface area contributed by atoms with Gasteiger partial charge in [0.25, 0.3) is 0 Å². The molecule has 8 heteroatoms. The number of esters is 2. The second-order valence-corrected chi connectivity index (χ2v) is 9.98. The molecule has 2 N–H and O–H groups in total. The van der Waals surface area contributed by atoms with Gasteiger partial charge in [0, 0.05) is 0 Å². The smallest absolute Gasteiger partial charge is 0.339 e. The number of ether oxygens (including phenoxy) is 4. The van der Waals surface area contributed by atoms with Crippen molar-refractivity contribution >= 4 is 11.9 Å². The fraction of sp³-hybridized carbons (Fsp3) is 0.733. The van der Waals surface area contributed by atoms with Gasteiger partial charge < -0.3 is 29.2 Å². The van der Waals surface area contributed by atoms with Gasteiger partial charge in [0.05, 0.1) is 64.0 Å². The van der Waals surface area contributed by atoms with Crippen LogP contribution in [0.5, 0.6) is 0 Å². The van der Waals surface area contributed by atoms with Gasteiger partial charge in [0.2, 0.25) is 0 Å². The van der Waals surface area contributed by atoms with Crippen molar-refractivity contribution in [3.05, 3.63) is 35.4 Å². The molecule has 220 valence electrons. The summed E-state index contributed by atoms with van der Waals surface area (Å²) in [5, 5.41) is 16.5. The Kier molecular flexibility index (Phi) is 24.0. The molecule has 0 heterocycles. The van der Waals surface area contributed by atoms with Crippen LogP contribution in [0.4, 0.5) is 0 Å². The van der Waals surface area contributed by atoms with Crippen LogP contribution < -0.4 is 0 Å². The third kappa shape index (κ3) is 21.0. The molecule has 1 aromatic carbocycles. The van der Waals surface area contributed by atoms with Crippen molar-refractivity contribution in [1.82, 2.24) is 0 Å². The van der Waals surface area contributed by atoms with E-state index in [-0.39, 0.29) is 24.3 Å². The molecule has 1 aromatic rings. The topological polar surface area (TPSA) is 112 Å². The minimum Gasteiger partial charge on any atom is -0.462 e. The minimum absolute atomic E-state index is 0.0417. The molecule has 0 aliphatic heterocycles. The van der Waals surface area contributed by atoms with E-state index in [1.54, 1.807) is 24.3 Å². The summed E-state index contributed by atoms with van der Waals surface area (Å²) in [7, 11) is 0. The van der Waals surface area contributed by atoms with E-state index in [4.69, 9.17) is 29.2 Å². The van der Waals surface area contributed by atoms with Gasteiger partial charge >= 0.3 is 11.9 Å². The molecule has 0 aliphatic rings. The lowest BCUT2D eigenvalue weighted by Crippen LogP contribution is -2.15. The van der Waals surface area contributed by atoms with E-state index in [9.17, 15) is 9.59 Å². The summed E-state index contributed by atoms with van der Waals surface area (Å²) in [4.78, 5) is 24.7. The first-order chi connectivity index (χ1) is 18.3. The van der Waals surface area contributed by atoms with E-state index < -0.39 is 11.9 Å².